The van der Waals surface area contributed by atoms with E-state index in [1.165, 1.54) is 0 Å². The van der Waals surface area contributed by atoms with E-state index in [1.807, 2.05) is 57.4 Å². The van der Waals surface area contributed by atoms with Crippen LogP contribution in [0.1, 0.15) is 19.0 Å². The van der Waals surface area contributed by atoms with E-state index < -0.39 is 6.10 Å². The number of aromatic nitrogens is 3. The number of aliphatic hydroxyl groups is 1. The fourth-order valence-electron chi connectivity index (χ4n) is 3.74. The summed E-state index contributed by atoms with van der Waals surface area (Å²) in [6.45, 7) is 4.06. The highest BCUT2D eigenvalue weighted by Gasteiger charge is 2.17. The quantitative estimate of drug-likeness (QED) is 0.421. The molecular weight excluding hydrogens is 402 g/mol. The standard InChI is InChI=1S/C25H27N5O2/c1-4-19(31)14-26-25(32)29-23-11-10-22-21(24(23)18-13-27-30(3)15-18)12-20(16(2)28-22)17-8-6-5-7-9-17/h5-13,15,19,31H,4,14H2,1-3H3,(H2,26,29,32)/t19-/m1/s1. The maximum absolute atomic E-state index is 12.5. The zero-order chi connectivity index (χ0) is 22.7. The Bertz CT molecular complexity index is 1250. The number of anilines is 1. The summed E-state index contributed by atoms with van der Waals surface area (Å²) in [6, 6.07) is 15.7. The zero-order valence-corrected chi connectivity index (χ0v) is 18.5. The van der Waals surface area contributed by atoms with E-state index >= 15 is 0 Å². The van der Waals surface area contributed by atoms with Crippen LogP contribution in [0.4, 0.5) is 10.5 Å². The number of benzene rings is 2. The van der Waals surface area contributed by atoms with Crippen molar-refractivity contribution >= 4 is 22.6 Å². The molecule has 4 aromatic rings. The summed E-state index contributed by atoms with van der Waals surface area (Å²) >= 11 is 0. The van der Waals surface area contributed by atoms with Crippen molar-refractivity contribution in [2.45, 2.75) is 26.4 Å². The van der Waals surface area contributed by atoms with Gasteiger partial charge in [0.05, 0.1) is 23.5 Å². The molecule has 7 nitrogen and oxygen atoms in total. The summed E-state index contributed by atoms with van der Waals surface area (Å²) in [5.41, 5.74) is 6.29. The first-order valence-electron chi connectivity index (χ1n) is 10.7. The van der Waals surface area contributed by atoms with E-state index in [1.54, 1.807) is 10.9 Å². The predicted octanol–water partition coefficient (Wildman–Crippen LogP) is 4.50. The second kappa shape index (κ2) is 9.20. The molecule has 0 aliphatic carbocycles. The van der Waals surface area contributed by atoms with Crippen LogP contribution < -0.4 is 10.6 Å². The lowest BCUT2D eigenvalue weighted by atomic mass is 9.96. The van der Waals surface area contributed by atoms with E-state index in [4.69, 9.17) is 4.98 Å². The zero-order valence-electron chi connectivity index (χ0n) is 18.5. The first-order valence-corrected chi connectivity index (χ1v) is 10.7. The summed E-state index contributed by atoms with van der Waals surface area (Å²) in [7, 11) is 1.86. The van der Waals surface area contributed by atoms with Gasteiger partial charge in [-0.2, -0.15) is 5.10 Å². The van der Waals surface area contributed by atoms with E-state index in [0.29, 0.717) is 12.1 Å². The van der Waals surface area contributed by atoms with Crippen molar-refractivity contribution < 1.29 is 9.90 Å². The van der Waals surface area contributed by atoms with Crippen molar-refractivity contribution in [1.29, 1.82) is 0 Å². The molecule has 2 heterocycles. The molecule has 0 aliphatic rings. The third-order valence-corrected chi connectivity index (χ3v) is 5.49. The lowest BCUT2D eigenvalue weighted by Crippen LogP contribution is -2.35. The van der Waals surface area contributed by atoms with Crippen LogP contribution >= 0.6 is 0 Å². The van der Waals surface area contributed by atoms with Crippen molar-refractivity contribution in [2.24, 2.45) is 7.05 Å². The van der Waals surface area contributed by atoms with Gasteiger partial charge in [-0.1, -0.05) is 37.3 Å². The monoisotopic (exact) mass is 429 g/mol. The summed E-state index contributed by atoms with van der Waals surface area (Å²) < 4.78 is 1.73. The Labute approximate surface area is 187 Å². The van der Waals surface area contributed by atoms with Crippen molar-refractivity contribution in [3.05, 3.63) is 66.6 Å². The highest BCUT2D eigenvalue weighted by molar-refractivity contribution is 6.06. The molecule has 0 bridgehead atoms. The molecule has 0 aliphatic heterocycles. The molecule has 0 radical (unpaired) electrons. The molecule has 0 saturated carbocycles. The van der Waals surface area contributed by atoms with E-state index in [9.17, 15) is 9.90 Å². The number of rotatable bonds is 6. The van der Waals surface area contributed by atoms with Crippen LogP contribution in [-0.4, -0.2) is 38.6 Å². The Balaban J connectivity index is 1.83. The second-order valence-corrected chi connectivity index (χ2v) is 7.84. The number of urea groups is 1. The fourth-order valence-corrected chi connectivity index (χ4v) is 3.74. The molecule has 0 fully saturated rings. The van der Waals surface area contributed by atoms with Crippen molar-refractivity contribution in [3.63, 3.8) is 0 Å². The van der Waals surface area contributed by atoms with Crippen molar-refractivity contribution in [2.75, 3.05) is 11.9 Å². The molecule has 0 unspecified atom stereocenters. The van der Waals surface area contributed by atoms with Crippen LogP contribution in [0.3, 0.4) is 0 Å². The highest BCUT2D eigenvalue weighted by atomic mass is 16.3. The van der Waals surface area contributed by atoms with Gasteiger partial charge in [0.2, 0.25) is 0 Å². The molecule has 164 valence electrons. The summed E-state index contributed by atoms with van der Waals surface area (Å²) in [5, 5.41) is 20.7. The van der Waals surface area contributed by atoms with Crippen LogP contribution in [0.5, 0.6) is 0 Å². The van der Waals surface area contributed by atoms with Crippen molar-refractivity contribution in [1.82, 2.24) is 20.1 Å². The predicted molar refractivity (Wildman–Crippen MR) is 127 cm³/mol. The molecule has 2 aromatic heterocycles. The molecule has 4 rings (SSSR count). The summed E-state index contributed by atoms with van der Waals surface area (Å²) in [5.74, 6) is 0. The normalized spacial score (nSPS) is 12.0. The molecule has 7 heteroatoms. The van der Waals surface area contributed by atoms with Gasteiger partial charge in [-0.3, -0.25) is 9.67 Å². The summed E-state index contributed by atoms with van der Waals surface area (Å²) in [6.07, 6.45) is 3.70. The Kier molecular flexibility index (Phi) is 6.18. The minimum atomic E-state index is -0.573. The maximum atomic E-state index is 12.5. The number of pyridine rings is 1. The Morgan fingerprint density at radius 1 is 1.16 bits per heavy atom. The second-order valence-electron chi connectivity index (χ2n) is 7.84. The molecule has 2 aromatic carbocycles. The van der Waals surface area contributed by atoms with Gasteiger partial charge in [-0.25, -0.2) is 4.79 Å². The van der Waals surface area contributed by atoms with Crippen LogP contribution in [-0.2, 0) is 7.05 Å². The Morgan fingerprint density at radius 2 is 1.94 bits per heavy atom. The average Bonchev–Trinajstić information content (AvgIpc) is 3.23. The third kappa shape index (κ3) is 4.48. The first-order chi connectivity index (χ1) is 15.5. The fraction of sp³-hybridized carbons (Fsp3) is 0.240. The lowest BCUT2D eigenvalue weighted by molar-refractivity contribution is 0.168. The number of carbonyl (C=O) groups excluding carboxylic acids is 1. The molecule has 32 heavy (non-hydrogen) atoms. The first kappa shape index (κ1) is 21.5. The summed E-state index contributed by atoms with van der Waals surface area (Å²) in [4.78, 5) is 17.4. The number of carbonyl (C=O) groups is 1. The van der Waals surface area contributed by atoms with Gasteiger partial charge in [0.15, 0.2) is 0 Å². The topological polar surface area (TPSA) is 92.1 Å². The van der Waals surface area contributed by atoms with Gasteiger partial charge in [-0.05, 0) is 37.1 Å². The van der Waals surface area contributed by atoms with E-state index in [-0.39, 0.29) is 12.6 Å². The number of nitrogens with one attached hydrogen (secondary N) is 2. The van der Waals surface area contributed by atoms with Gasteiger partial charge >= 0.3 is 6.03 Å². The Morgan fingerprint density at radius 3 is 2.62 bits per heavy atom. The molecule has 2 amide bonds. The minimum Gasteiger partial charge on any atom is -0.391 e. The number of nitrogens with zero attached hydrogens (tertiary/aromatic N) is 3. The van der Waals surface area contributed by atoms with Crippen molar-refractivity contribution in [3.8, 4) is 22.3 Å². The molecule has 3 N–H and O–H groups in total. The molecular formula is C25H27N5O2. The van der Waals surface area contributed by atoms with Crippen LogP contribution in [0, 0.1) is 6.92 Å². The number of amides is 2. The lowest BCUT2D eigenvalue weighted by Gasteiger charge is -2.16. The number of hydrogen-bond acceptors (Lipinski definition) is 4. The molecule has 1 atom stereocenters. The molecule has 0 saturated heterocycles. The van der Waals surface area contributed by atoms with Gasteiger partial charge in [0.25, 0.3) is 0 Å². The Hall–Kier alpha value is -3.71. The largest absolute Gasteiger partial charge is 0.391 e. The number of aryl methyl sites for hydroxylation is 2. The van der Waals surface area contributed by atoms with Gasteiger partial charge in [0.1, 0.15) is 0 Å². The molecule has 0 spiro atoms. The van der Waals surface area contributed by atoms with E-state index in [2.05, 4.69) is 33.9 Å². The van der Waals surface area contributed by atoms with Gasteiger partial charge in [0, 0.05) is 47.6 Å². The number of aliphatic hydroxyl groups excluding tert-OH is 1. The van der Waals surface area contributed by atoms with Crippen LogP contribution in [0.15, 0.2) is 60.9 Å². The average molecular weight is 430 g/mol. The smallest absolute Gasteiger partial charge is 0.319 e. The third-order valence-electron chi connectivity index (χ3n) is 5.49. The van der Waals surface area contributed by atoms with Gasteiger partial charge < -0.3 is 15.7 Å². The SMILES string of the molecule is CC[C@@H](O)CNC(=O)Nc1ccc2nc(C)c(-c3ccccc3)cc2c1-c1cnn(C)c1. The number of fused-ring (bicyclic) bond motifs is 1. The van der Waals surface area contributed by atoms with Crippen LogP contribution in [0.25, 0.3) is 33.2 Å². The number of hydrogen-bond donors (Lipinski definition) is 3. The maximum Gasteiger partial charge on any atom is 0.319 e. The minimum absolute atomic E-state index is 0.192. The highest BCUT2D eigenvalue weighted by Crippen LogP contribution is 2.37. The van der Waals surface area contributed by atoms with Gasteiger partial charge in [-0.15, -0.1) is 0 Å². The van der Waals surface area contributed by atoms with Crippen LogP contribution in [0.2, 0.25) is 0 Å². The van der Waals surface area contributed by atoms with E-state index in [0.717, 1.165) is 38.9 Å².